The van der Waals surface area contributed by atoms with Crippen LogP contribution in [-0.2, 0) is 9.36 Å². The smallest absolute Gasteiger partial charge is 0.303 e. The molecule has 0 aromatic carbocycles. The summed E-state index contributed by atoms with van der Waals surface area (Å²) in [7, 11) is 1.08. The Hall–Kier alpha value is 0.160. The van der Waals surface area contributed by atoms with Gasteiger partial charge in [-0.15, -0.1) is 0 Å². The van der Waals surface area contributed by atoms with E-state index in [1.807, 2.05) is 0 Å². The molecule has 5 nitrogen and oxygen atoms in total. The Morgan fingerprint density at radius 2 is 1.75 bits per heavy atom. The molecule has 12 heavy (non-hydrogen) atoms. The van der Waals surface area contributed by atoms with Crippen LogP contribution in [0.5, 0.6) is 0 Å². The summed E-state index contributed by atoms with van der Waals surface area (Å²) in [6.07, 6.45) is 0. The summed E-state index contributed by atoms with van der Waals surface area (Å²) in [5.41, 5.74) is 0.486. The van der Waals surface area contributed by atoms with Gasteiger partial charge >= 0.3 is 7.82 Å². The van der Waals surface area contributed by atoms with Gasteiger partial charge in [-0.3, -0.25) is 4.79 Å². The van der Waals surface area contributed by atoms with Crippen molar-refractivity contribution in [2.75, 3.05) is 0 Å². The summed E-state index contributed by atoms with van der Waals surface area (Å²) in [4.78, 5) is 31.8. The third kappa shape index (κ3) is 22.5. The first kappa shape index (κ1) is 14.7. The fourth-order valence-electron chi connectivity index (χ4n) is 0.0659. The molecule has 0 unspecified atom stereocenters. The number of rotatable bonds is 1. The van der Waals surface area contributed by atoms with Gasteiger partial charge in [0.2, 0.25) is 5.12 Å². The lowest BCUT2D eigenvalue weighted by molar-refractivity contribution is -0.107. The zero-order valence-corrected chi connectivity index (χ0v) is 8.57. The largest absolute Gasteiger partial charge is 0.466 e. The van der Waals surface area contributed by atoms with Gasteiger partial charge in [-0.05, 0) is 23.2 Å². The molecule has 0 heterocycles. The van der Waals surface area contributed by atoms with Gasteiger partial charge in [-0.2, -0.15) is 0 Å². The Kier molecular flexibility index (Phi) is 8.13. The summed E-state index contributed by atoms with van der Waals surface area (Å²) in [6.45, 7) is 4.99. The molecule has 0 fully saturated rings. The fraction of sp³-hybridized carbons (Fsp3) is 0.250. The molecule has 0 radical (unpaired) electrons. The lowest BCUT2D eigenvalue weighted by Crippen LogP contribution is -1.85. The molecule has 0 bridgehead atoms. The average Bonchev–Trinajstić information content (AvgIpc) is 1.82. The minimum Gasteiger partial charge on any atom is -0.303 e. The van der Waals surface area contributed by atoms with E-state index in [0.29, 0.717) is 16.5 Å². The Morgan fingerprint density at radius 1 is 1.50 bits per heavy atom. The quantitative estimate of drug-likeness (QED) is 0.464. The van der Waals surface area contributed by atoms with E-state index in [-0.39, 0.29) is 5.12 Å². The number of carbonyl (C=O) groups is 1. The normalized spacial score (nSPS) is 9.75. The second-order valence-electron chi connectivity index (χ2n) is 1.66. The Morgan fingerprint density at radius 3 is 1.75 bits per heavy atom. The molecule has 0 rings (SSSR count). The van der Waals surface area contributed by atoms with Crippen LogP contribution in [0.2, 0.25) is 0 Å². The minimum atomic E-state index is -4.64. The highest BCUT2D eigenvalue weighted by atomic mass is 35.7. The highest BCUT2D eigenvalue weighted by Gasteiger charge is 2.00. The molecular formula is C4H8ClO5PS. The van der Waals surface area contributed by atoms with Crippen LogP contribution in [0.25, 0.3) is 0 Å². The molecule has 0 aromatic rings. The van der Waals surface area contributed by atoms with Gasteiger partial charge < -0.3 is 14.7 Å². The third-order valence-electron chi connectivity index (χ3n) is 0.419. The number of carbonyl (C=O) groups excluding carboxylic acids is 1. The van der Waals surface area contributed by atoms with E-state index < -0.39 is 7.82 Å². The van der Waals surface area contributed by atoms with E-state index in [1.54, 1.807) is 6.92 Å². The number of hydrogen-bond acceptors (Lipinski definition) is 3. The van der Waals surface area contributed by atoms with Crippen LogP contribution in [0.4, 0.5) is 0 Å². The standard InChI is InChI=1S/C4H5ClOS.H3O4P/c1-3(2)4(6)7-5;1-5(2,3)4/h1H2,2H3;(H3,1,2,3,4). The molecule has 0 saturated carbocycles. The maximum Gasteiger partial charge on any atom is 0.466 e. The first-order valence-corrected chi connectivity index (χ1v) is 5.66. The van der Waals surface area contributed by atoms with E-state index >= 15 is 0 Å². The molecule has 0 aliphatic rings. The minimum absolute atomic E-state index is 0.165. The summed E-state index contributed by atoms with van der Waals surface area (Å²) in [6, 6.07) is 0. The number of phosphoric acid groups is 1. The Balaban J connectivity index is 0. The van der Waals surface area contributed by atoms with E-state index in [9.17, 15) is 4.79 Å². The van der Waals surface area contributed by atoms with Gasteiger partial charge in [0, 0.05) is 11.0 Å². The SMILES string of the molecule is C=C(C)C(=O)SCl.O=P(O)(O)O. The van der Waals surface area contributed by atoms with Crippen LogP contribution >= 0.6 is 29.5 Å². The topological polar surface area (TPSA) is 94.8 Å². The van der Waals surface area contributed by atoms with Gasteiger partial charge in [0.1, 0.15) is 0 Å². The lowest BCUT2D eigenvalue weighted by atomic mass is 10.4. The Bertz CT molecular complexity index is 203. The molecule has 8 heteroatoms. The molecule has 0 aromatic heterocycles. The van der Waals surface area contributed by atoms with Crippen LogP contribution in [-0.4, -0.2) is 19.8 Å². The van der Waals surface area contributed by atoms with E-state index in [4.69, 9.17) is 29.9 Å². The molecule has 0 aliphatic carbocycles. The molecule has 3 N–H and O–H groups in total. The second kappa shape index (κ2) is 6.65. The lowest BCUT2D eigenvalue weighted by Gasteiger charge is -1.84. The monoisotopic (exact) mass is 234 g/mol. The molecule has 0 atom stereocenters. The van der Waals surface area contributed by atoms with Crippen molar-refractivity contribution >= 4 is 34.6 Å². The van der Waals surface area contributed by atoms with Crippen molar-refractivity contribution in [3.05, 3.63) is 12.2 Å². The summed E-state index contributed by atoms with van der Waals surface area (Å²) in [5.74, 6) is 0. The first-order valence-electron chi connectivity index (χ1n) is 2.45. The summed E-state index contributed by atoms with van der Waals surface area (Å²) >= 11 is 0. The van der Waals surface area contributed by atoms with E-state index in [1.165, 1.54) is 0 Å². The van der Waals surface area contributed by atoms with Crippen LogP contribution in [0.15, 0.2) is 12.2 Å². The van der Waals surface area contributed by atoms with Gasteiger partial charge in [-0.25, -0.2) is 4.57 Å². The van der Waals surface area contributed by atoms with Crippen molar-refractivity contribution < 1.29 is 24.0 Å². The van der Waals surface area contributed by atoms with Crippen LogP contribution < -0.4 is 0 Å². The van der Waals surface area contributed by atoms with Gasteiger partial charge in [0.25, 0.3) is 0 Å². The van der Waals surface area contributed by atoms with E-state index in [2.05, 4.69) is 6.58 Å². The summed E-state index contributed by atoms with van der Waals surface area (Å²) in [5, 5.41) is -0.165. The number of hydrogen-bond donors (Lipinski definition) is 3. The highest BCUT2D eigenvalue weighted by Crippen LogP contribution is 2.25. The Labute approximate surface area is 78.2 Å². The van der Waals surface area contributed by atoms with Crippen molar-refractivity contribution in [2.45, 2.75) is 6.92 Å². The molecular weight excluding hydrogens is 227 g/mol. The van der Waals surface area contributed by atoms with Crippen molar-refractivity contribution in [3.63, 3.8) is 0 Å². The molecule has 0 aliphatic heterocycles. The van der Waals surface area contributed by atoms with Crippen molar-refractivity contribution in [2.24, 2.45) is 0 Å². The number of halogens is 1. The van der Waals surface area contributed by atoms with Gasteiger partial charge in [0.05, 0.1) is 0 Å². The van der Waals surface area contributed by atoms with Crippen molar-refractivity contribution in [1.29, 1.82) is 0 Å². The predicted molar refractivity (Wildman–Crippen MR) is 47.5 cm³/mol. The van der Waals surface area contributed by atoms with Crippen molar-refractivity contribution in [1.82, 2.24) is 0 Å². The summed E-state index contributed by atoms with van der Waals surface area (Å²) < 4.78 is 8.88. The highest BCUT2D eigenvalue weighted by molar-refractivity contribution is 8.33. The zero-order chi connectivity index (χ0) is 10.4. The molecule has 0 saturated heterocycles. The predicted octanol–water partition coefficient (Wildman–Crippen LogP) is 1.05. The zero-order valence-electron chi connectivity index (χ0n) is 6.10. The maximum atomic E-state index is 10.2. The van der Waals surface area contributed by atoms with Crippen LogP contribution in [0, 0.1) is 0 Å². The molecule has 0 spiro atoms. The van der Waals surface area contributed by atoms with E-state index in [0.717, 1.165) is 0 Å². The fourth-order valence-corrected chi connectivity index (χ4v) is 0.593. The van der Waals surface area contributed by atoms with Gasteiger partial charge in [0.15, 0.2) is 0 Å². The average molecular weight is 235 g/mol. The van der Waals surface area contributed by atoms with Gasteiger partial charge in [-0.1, -0.05) is 6.58 Å². The van der Waals surface area contributed by atoms with Crippen molar-refractivity contribution in [3.8, 4) is 0 Å². The maximum absolute atomic E-state index is 10.2. The van der Waals surface area contributed by atoms with Crippen LogP contribution in [0.3, 0.4) is 0 Å². The third-order valence-corrected chi connectivity index (χ3v) is 1.33. The first-order chi connectivity index (χ1) is 5.18. The molecule has 72 valence electrons. The molecule has 0 amide bonds. The second-order valence-corrected chi connectivity index (χ2v) is 3.67. The van der Waals surface area contributed by atoms with Crippen LogP contribution in [0.1, 0.15) is 6.92 Å².